The van der Waals surface area contributed by atoms with Crippen molar-refractivity contribution in [3.8, 4) is 50.5 Å². The third-order valence-corrected chi connectivity index (χ3v) is 11.1. The molecule has 0 atom stereocenters. The molecule has 1 heterocycles. The summed E-state index contributed by atoms with van der Waals surface area (Å²) in [5.41, 5.74) is 11.5. The molecule has 55 heavy (non-hydrogen) atoms. The number of para-hydroxylation sites is 3. The molecule has 0 aliphatic rings. The Bertz CT molecular complexity index is 3260. The molecule has 256 valence electrons. The quantitative estimate of drug-likeness (QED) is 0.164. The van der Waals surface area contributed by atoms with Crippen molar-refractivity contribution in [2.75, 3.05) is 0 Å². The molecule has 0 aliphatic carbocycles. The molecule has 0 aliphatic heterocycles. The lowest BCUT2D eigenvalue weighted by Crippen LogP contribution is -1.97. The largest absolute Gasteiger partial charge is 0.292 e. The Morgan fingerprint density at radius 2 is 0.836 bits per heavy atom. The van der Waals surface area contributed by atoms with Gasteiger partial charge >= 0.3 is 0 Å². The number of benzene rings is 10. The standard InChI is InChI=1S/C53H34N2/c1-2-19-44(20-3-1)55-50-24-11-10-23-49(50)54-53(55)43-18-12-17-39(33-43)40-29-30-47-48(34-40)52(42-28-26-36-14-5-7-16-38(36)32-42)46-22-9-8-21-45(46)51(47)41-27-25-35-13-4-6-15-37(35)31-41/h1-34H. The molecule has 11 rings (SSSR count). The van der Waals surface area contributed by atoms with Crippen molar-refractivity contribution in [3.05, 3.63) is 206 Å². The summed E-state index contributed by atoms with van der Waals surface area (Å²) in [6.07, 6.45) is 0. The molecule has 11 aromatic rings. The van der Waals surface area contributed by atoms with Gasteiger partial charge < -0.3 is 0 Å². The van der Waals surface area contributed by atoms with Gasteiger partial charge in [0.05, 0.1) is 11.0 Å². The monoisotopic (exact) mass is 698 g/mol. The van der Waals surface area contributed by atoms with Gasteiger partial charge in [-0.3, -0.25) is 4.57 Å². The third kappa shape index (κ3) is 5.22. The minimum atomic E-state index is 0.927. The topological polar surface area (TPSA) is 17.8 Å². The van der Waals surface area contributed by atoms with Crippen LogP contribution in [0.3, 0.4) is 0 Å². The van der Waals surface area contributed by atoms with E-state index in [9.17, 15) is 0 Å². The van der Waals surface area contributed by atoms with Crippen LogP contribution in [-0.2, 0) is 0 Å². The number of rotatable bonds is 5. The van der Waals surface area contributed by atoms with Crippen LogP contribution in [0.1, 0.15) is 0 Å². The van der Waals surface area contributed by atoms with E-state index in [1.165, 1.54) is 70.9 Å². The predicted octanol–water partition coefficient (Wildman–Crippen LogP) is 14.3. The summed E-state index contributed by atoms with van der Waals surface area (Å²) >= 11 is 0. The number of imidazole rings is 1. The molecule has 2 nitrogen and oxygen atoms in total. The predicted molar refractivity (Wildman–Crippen MR) is 233 cm³/mol. The van der Waals surface area contributed by atoms with Crippen LogP contribution in [0, 0.1) is 0 Å². The minimum Gasteiger partial charge on any atom is -0.292 e. The van der Waals surface area contributed by atoms with Crippen LogP contribution in [-0.4, -0.2) is 9.55 Å². The number of fused-ring (bicyclic) bond motifs is 5. The fourth-order valence-corrected chi connectivity index (χ4v) is 8.57. The average Bonchev–Trinajstić information content (AvgIpc) is 3.65. The molecule has 0 bridgehead atoms. The van der Waals surface area contributed by atoms with Crippen LogP contribution in [0.15, 0.2) is 206 Å². The van der Waals surface area contributed by atoms with E-state index in [4.69, 9.17) is 4.98 Å². The van der Waals surface area contributed by atoms with Crippen LogP contribution in [0.25, 0.3) is 105 Å². The van der Waals surface area contributed by atoms with Crippen LogP contribution in [0.4, 0.5) is 0 Å². The van der Waals surface area contributed by atoms with Crippen LogP contribution >= 0.6 is 0 Å². The first-order chi connectivity index (χ1) is 27.3. The number of nitrogens with zero attached hydrogens (tertiary/aromatic N) is 2. The highest BCUT2D eigenvalue weighted by atomic mass is 15.1. The lowest BCUT2D eigenvalue weighted by Gasteiger charge is -2.19. The molecule has 0 radical (unpaired) electrons. The van der Waals surface area contributed by atoms with Crippen molar-refractivity contribution in [2.45, 2.75) is 0 Å². The zero-order valence-corrected chi connectivity index (χ0v) is 30.0. The molecule has 0 N–H and O–H groups in total. The van der Waals surface area contributed by atoms with Gasteiger partial charge in [-0.05, 0) is 125 Å². The molecule has 0 amide bonds. The first-order valence-electron chi connectivity index (χ1n) is 18.9. The number of hydrogen-bond donors (Lipinski definition) is 0. The molecule has 0 spiro atoms. The maximum atomic E-state index is 5.19. The molecule has 0 unspecified atom stereocenters. The van der Waals surface area contributed by atoms with E-state index in [1.54, 1.807) is 0 Å². The molecule has 0 saturated carbocycles. The van der Waals surface area contributed by atoms with Gasteiger partial charge in [-0.2, -0.15) is 0 Å². The fourth-order valence-electron chi connectivity index (χ4n) is 8.57. The van der Waals surface area contributed by atoms with Gasteiger partial charge in [0.2, 0.25) is 0 Å². The lowest BCUT2D eigenvalue weighted by molar-refractivity contribution is 1.10. The van der Waals surface area contributed by atoms with E-state index in [2.05, 4.69) is 211 Å². The Morgan fingerprint density at radius 3 is 1.55 bits per heavy atom. The summed E-state index contributed by atoms with van der Waals surface area (Å²) in [6, 6.07) is 74.8. The highest BCUT2D eigenvalue weighted by Gasteiger charge is 2.19. The fraction of sp³-hybridized carbons (Fsp3) is 0. The lowest BCUT2D eigenvalue weighted by atomic mass is 9.84. The van der Waals surface area contributed by atoms with Crippen molar-refractivity contribution in [1.29, 1.82) is 0 Å². The Morgan fingerprint density at radius 1 is 0.309 bits per heavy atom. The van der Waals surface area contributed by atoms with Crippen LogP contribution in [0.5, 0.6) is 0 Å². The highest BCUT2D eigenvalue weighted by molar-refractivity contribution is 6.22. The van der Waals surface area contributed by atoms with Gasteiger partial charge in [0.15, 0.2) is 0 Å². The second-order valence-electron chi connectivity index (χ2n) is 14.4. The number of hydrogen-bond acceptors (Lipinski definition) is 1. The minimum absolute atomic E-state index is 0.927. The Kier molecular flexibility index (Phi) is 7.21. The van der Waals surface area contributed by atoms with E-state index in [0.29, 0.717) is 0 Å². The highest BCUT2D eigenvalue weighted by Crippen LogP contribution is 2.46. The Labute approximate surface area is 319 Å². The summed E-state index contributed by atoms with van der Waals surface area (Å²) in [7, 11) is 0. The molecule has 10 aromatic carbocycles. The van der Waals surface area contributed by atoms with E-state index >= 15 is 0 Å². The zero-order valence-electron chi connectivity index (χ0n) is 30.0. The molecule has 2 heteroatoms. The summed E-state index contributed by atoms with van der Waals surface area (Å²) < 4.78 is 2.27. The van der Waals surface area contributed by atoms with E-state index in [0.717, 1.165) is 33.7 Å². The van der Waals surface area contributed by atoms with Crippen molar-refractivity contribution >= 4 is 54.1 Å². The van der Waals surface area contributed by atoms with E-state index in [1.807, 2.05) is 0 Å². The summed E-state index contributed by atoms with van der Waals surface area (Å²) in [6.45, 7) is 0. The SMILES string of the molecule is c1ccc(-n2c(-c3cccc(-c4ccc5c(-c6ccc7ccccc7c6)c6ccccc6c(-c6ccc7ccccc7c6)c5c4)c3)nc3ccccc32)cc1. The molecule has 0 fully saturated rings. The molecular weight excluding hydrogens is 665 g/mol. The van der Waals surface area contributed by atoms with Crippen molar-refractivity contribution < 1.29 is 0 Å². The van der Waals surface area contributed by atoms with E-state index in [-0.39, 0.29) is 0 Å². The van der Waals surface area contributed by atoms with Gasteiger partial charge in [-0.1, -0.05) is 158 Å². The van der Waals surface area contributed by atoms with Gasteiger partial charge in [0.1, 0.15) is 5.82 Å². The van der Waals surface area contributed by atoms with Crippen molar-refractivity contribution in [3.63, 3.8) is 0 Å². The first kappa shape index (κ1) is 31.3. The molecular formula is C53H34N2. The Hall–Kier alpha value is -7.29. The second kappa shape index (κ2) is 12.7. The first-order valence-corrected chi connectivity index (χ1v) is 18.9. The van der Waals surface area contributed by atoms with Gasteiger partial charge in [-0.25, -0.2) is 4.98 Å². The maximum absolute atomic E-state index is 5.19. The molecule has 0 saturated heterocycles. The summed E-state index contributed by atoms with van der Waals surface area (Å²) in [4.78, 5) is 5.19. The second-order valence-corrected chi connectivity index (χ2v) is 14.4. The summed E-state index contributed by atoms with van der Waals surface area (Å²) in [5.74, 6) is 0.927. The van der Waals surface area contributed by atoms with Crippen LogP contribution < -0.4 is 0 Å². The van der Waals surface area contributed by atoms with Gasteiger partial charge in [0.25, 0.3) is 0 Å². The smallest absolute Gasteiger partial charge is 0.145 e. The van der Waals surface area contributed by atoms with Crippen LogP contribution in [0.2, 0.25) is 0 Å². The molecule has 1 aromatic heterocycles. The van der Waals surface area contributed by atoms with E-state index < -0.39 is 0 Å². The van der Waals surface area contributed by atoms with Gasteiger partial charge in [0, 0.05) is 11.3 Å². The normalized spacial score (nSPS) is 11.6. The Balaban J connectivity index is 1.17. The summed E-state index contributed by atoms with van der Waals surface area (Å²) in [5, 5.41) is 9.94. The van der Waals surface area contributed by atoms with Crippen molar-refractivity contribution in [1.82, 2.24) is 9.55 Å². The maximum Gasteiger partial charge on any atom is 0.145 e. The zero-order chi connectivity index (χ0) is 36.3. The van der Waals surface area contributed by atoms with Crippen molar-refractivity contribution in [2.24, 2.45) is 0 Å². The number of aromatic nitrogens is 2. The average molecular weight is 699 g/mol. The van der Waals surface area contributed by atoms with Gasteiger partial charge in [-0.15, -0.1) is 0 Å². The third-order valence-electron chi connectivity index (χ3n) is 11.1.